The van der Waals surface area contributed by atoms with E-state index in [2.05, 4.69) is 21.0 Å². The summed E-state index contributed by atoms with van der Waals surface area (Å²) in [6.45, 7) is 3.79. The van der Waals surface area contributed by atoms with E-state index < -0.39 is 17.3 Å². The molecule has 0 saturated carbocycles. The molecular weight excluding hydrogens is 564 g/mol. The van der Waals surface area contributed by atoms with Crippen molar-refractivity contribution in [1.29, 1.82) is 0 Å². The van der Waals surface area contributed by atoms with Gasteiger partial charge in [0.15, 0.2) is 0 Å². The Morgan fingerprint density at radius 1 is 0.933 bits per heavy atom. The van der Waals surface area contributed by atoms with Gasteiger partial charge < -0.3 is 5.11 Å². The van der Waals surface area contributed by atoms with Gasteiger partial charge in [-0.25, -0.2) is 14.2 Å². The van der Waals surface area contributed by atoms with Crippen LogP contribution < -0.4 is 0 Å². The van der Waals surface area contributed by atoms with Gasteiger partial charge in [-0.15, -0.1) is 12.1 Å². The minimum atomic E-state index is -1.09. The summed E-state index contributed by atoms with van der Waals surface area (Å²) in [4.78, 5) is 24.2. The van der Waals surface area contributed by atoms with E-state index in [1.165, 1.54) is 6.07 Å². The van der Waals surface area contributed by atoms with Crippen LogP contribution >= 0.6 is 0 Å². The largest absolute Gasteiger partial charge is 0.477 e. The van der Waals surface area contributed by atoms with Crippen LogP contribution in [0.25, 0.3) is 22.2 Å². The first-order valence-electron chi connectivity index (χ1n) is 9.02. The van der Waals surface area contributed by atoms with Crippen LogP contribution in [0.5, 0.6) is 0 Å². The fraction of sp³-hybridized carbons (Fsp3) is 0.130. The van der Waals surface area contributed by atoms with E-state index in [9.17, 15) is 14.3 Å². The Morgan fingerprint density at radius 2 is 1.60 bits per heavy atom. The van der Waals surface area contributed by atoms with Crippen LogP contribution in [-0.2, 0) is 26.5 Å². The zero-order valence-corrected chi connectivity index (χ0v) is 18.4. The van der Waals surface area contributed by atoms with Gasteiger partial charge in [-0.2, -0.15) is 0 Å². The number of halogens is 1. The average Bonchev–Trinajstić information content (AvgIpc) is 2.73. The van der Waals surface area contributed by atoms with E-state index in [1.807, 2.05) is 32.0 Å². The van der Waals surface area contributed by atoms with E-state index in [0.717, 1.165) is 0 Å². The fourth-order valence-corrected chi connectivity index (χ4v) is 3.15. The minimum Gasteiger partial charge on any atom is -0.477 e. The van der Waals surface area contributed by atoms with Crippen molar-refractivity contribution in [1.82, 2.24) is 15.0 Å². The Hall–Kier alpha value is -2.98. The minimum absolute atomic E-state index is 0. The molecule has 0 fully saturated rings. The van der Waals surface area contributed by atoms with Crippen LogP contribution in [0.15, 0.2) is 60.7 Å². The molecule has 0 bridgehead atoms. The number of carboxylic acids is 1. The molecule has 0 aliphatic heterocycles. The number of rotatable bonds is 4. The van der Waals surface area contributed by atoms with Crippen LogP contribution in [-0.4, -0.2) is 26.0 Å². The average molecular weight is 581 g/mol. The Balaban J connectivity index is 0.00000256. The monoisotopic (exact) mass is 581 g/mol. The van der Waals surface area contributed by atoms with Crippen molar-refractivity contribution in [2.24, 2.45) is 0 Å². The summed E-state index contributed by atoms with van der Waals surface area (Å²) >= 11 is 0. The zero-order chi connectivity index (χ0) is 20.6. The summed E-state index contributed by atoms with van der Waals surface area (Å²) in [5, 5.41) is 9.92. The van der Waals surface area contributed by atoms with Gasteiger partial charge in [0, 0.05) is 37.9 Å². The number of carbonyl (C=O) groups is 1. The maximum absolute atomic E-state index is 14.6. The predicted octanol–water partition coefficient (Wildman–Crippen LogP) is 4.65. The van der Waals surface area contributed by atoms with Crippen LogP contribution in [0.2, 0.25) is 0 Å². The Morgan fingerprint density at radius 3 is 2.33 bits per heavy atom. The van der Waals surface area contributed by atoms with Gasteiger partial charge in [-0.1, -0.05) is 41.8 Å². The van der Waals surface area contributed by atoms with Crippen molar-refractivity contribution in [2.75, 3.05) is 0 Å². The summed E-state index contributed by atoms with van der Waals surface area (Å²) in [5.41, 5.74) is 1.58. The number of nitrogens with zero attached hydrogens (tertiary/aromatic N) is 3. The molecular formula is C23H17FN3O2Pt-. The molecule has 0 aliphatic carbocycles. The van der Waals surface area contributed by atoms with E-state index in [0.29, 0.717) is 28.0 Å². The number of hydrogen-bond donors (Lipinski definition) is 1. The predicted molar refractivity (Wildman–Crippen MR) is 107 cm³/mol. The molecule has 0 spiro atoms. The van der Waals surface area contributed by atoms with Gasteiger partial charge >= 0.3 is 5.97 Å². The second-order valence-corrected chi connectivity index (χ2v) is 7.17. The molecule has 154 valence electrons. The first kappa shape index (κ1) is 21.7. The second kappa shape index (κ2) is 8.40. The normalized spacial score (nSPS) is 11.2. The van der Waals surface area contributed by atoms with Crippen molar-refractivity contribution in [3.63, 3.8) is 0 Å². The number of benzene rings is 1. The molecule has 4 rings (SSSR count). The van der Waals surface area contributed by atoms with Gasteiger partial charge in [0.2, 0.25) is 0 Å². The molecule has 0 atom stereocenters. The van der Waals surface area contributed by atoms with E-state index in [1.54, 1.807) is 36.4 Å². The molecule has 30 heavy (non-hydrogen) atoms. The van der Waals surface area contributed by atoms with Gasteiger partial charge in [-0.05, 0) is 43.1 Å². The molecule has 7 heteroatoms. The first-order chi connectivity index (χ1) is 13.9. The molecule has 0 aliphatic rings. The third kappa shape index (κ3) is 4.01. The van der Waals surface area contributed by atoms with Crippen molar-refractivity contribution >= 4 is 16.9 Å². The van der Waals surface area contributed by atoms with Crippen molar-refractivity contribution in [3.05, 3.63) is 89.8 Å². The van der Waals surface area contributed by atoms with Crippen LogP contribution in [0.1, 0.15) is 35.7 Å². The summed E-state index contributed by atoms with van der Waals surface area (Å²) < 4.78 is 14.6. The molecule has 0 amide bonds. The number of pyridine rings is 3. The van der Waals surface area contributed by atoms with Crippen LogP contribution in [0.4, 0.5) is 4.39 Å². The summed E-state index contributed by atoms with van der Waals surface area (Å²) in [5.74, 6) is -1.74. The van der Waals surface area contributed by atoms with E-state index in [4.69, 9.17) is 0 Å². The van der Waals surface area contributed by atoms with Gasteiger partial charge in [0.05, 0.1) is 5.69 Å². The molecule has 1 N–H and O–H groups in total. The number of carboxylic acid groups (broad SMARTS) is 1. The van der Waals surface area contributed by atoms with E-state index >= 15 is 0 Å². The number of aromatic nitrogens is 3. The molecule has 4 aromatic rings. The topological polar surface area (TPSA) is 76.0 Å². The quantitative estimate of drug-likeness (QED) is 0.281. The first-order valence-corrected chi connectivity index (χ1v) is 9.02. The number of hydrogen-bond acceptors (Lipinski definition) is 4. The number of aromatic carboxylic acids is 1. The Labute approximate surface area is 187 Å². The van der Waals surface area contributed by atoms with Crippen LogP contribution in [0, 0.1) is 12.0 Å². The van der Waals surface area contributed by atoms with Gasteiger partial charge in [0.1, 0.15) is 11.6 Å². The number of para-hydroxylation sites is 1. The van der Waals surface area contributed by atoms with E-state index in [-0.39, 0.29) is 32.3 Å². The molecule has 0 saturated heterocycles. The molecule has 0 radical (unpaired) electrons. The summed E-state index contributed by atoms with van der Waals surface area (Å²) in [7, 11) is 0. The molecule has 0 unspecified atom stereocenters. The third-order valence-electron chi connectivity index (χ3n) is 4.84. The molecule has 5 nitrogen and oxygen atoms in total. The SMILES string of the molecule is CC(C)(c1cccc(C(=O)O)n1)c1cccc(-c2[c-]c3ccccc3nc2F)n1.[Pt]. The van der Waals surface area contributed by atoms with Crippen molar-refractivity contribution in [3.8, 4) is 11.3 Å². The molecule has 3 heterocycles. The fourth-order valence-electron chi connectivity index (χ4n) is 3.15. The van der Waals surface area contributed by atoms with Crippen molar-refractivity contribution < 1.29 is 35.4 Å². The molecule has 1 aromatic carbocycles. The van der Waals surface area contributed by atoms with Gasteiger partial charge in [-0.3, -0.25) is 9.97 Å². The Bertz CT molecular complexity index is 1240. The smallest absolute Gasteiger partial charge is 0.354 e. The van der Waals surface area contributed by atoms with Gasteiger partial charge in [0.25, 0.3) is 0 Å². The maximum atomic E-state index is 14.6. The number of fused-ring (bicyclic) bond motifs is 1. The summed E-state index contributed by atoms with van der Waals surface area (Å²) in [6, 6.07) is 20.4. The van der Waals surface area contributed by atoms with Crippen LogP contribution in [0.3, 0.4) is 0 Å². The molecule has 3 aromatic heterocycles. The third-order valence-corrected chi connectivity index (χ3v) is 4.84. The summed E-state index contributed by atoms with van der Waals surface area (Å²) in [6.07, 6.45) is 0. The standard InChI is InChI=1S/C23H17FN3O2.Pt/c1-23(2,20-12-6-10-18(26-20)22(28)29)19-11-5-9-17(25-19)15-13-14-7-3-4-8-16(14)27-21(15)24;/h3-12H,1-2H3,(H,28,29);/q-1;. The second-order valence-electron chi connectivity index (χ2n) is 7.17. The Kier molecular flexibility index (Phi) is 6.09. The maximum Gasteiger partial charge on any atom is 0.354 e. The van der Waals surface area contributed by atoms with Crippen molar-refractivity contribution in [2.45, 2.75) is 19.3 Å². The zero-order valence-electron chi connectivity index (χ0n) is 16.2.